The number of hydrogen-bond donors (Lipinski definition) is 1. The molecule has 1 amide bonds. The van der Waals surface area contributed by atoms with E-state index in [1.54, 1.807) is 0 Å². The van der Waals surface area contributed by atoms with Crippen LogP contribution in [0.5, 0.6) is 5.75 Å². The van der Waals surface area contributed by atoms with Crippen LogP contribution >= 0.6 is 0 Å². The van der Waals surface area contributed by atoms with Crippen LogP contribution in [0.1, 0.15) is 25.7 Å². The quantitative estimate of drug-likeness (QED) is 0.750. The Bertz CT molecular complexity index is 419. The standard InChI is InChI=1S/C17H26N2O3/c20-17(18-10-15-21-16-8-3-1-4-9-16)22-14-7-13-19-11-5-2-6-12-19/h1,3-4,8-9H,2,5-7,10-15H2,(H,18,20). The Hall–Kier alpha value is -1.75. The predicted molar refractivity (Wildman–Crippen MR) is 86.2 cm³/mol. The average Bonchev–Trinajstić information content (AvgIpc) is 2.57. The molecule has 0 spiro atoms. The molecule has 0 unspecified atom stereocenters. The fourth-order valence-corrected chi connectivity index (χ4v) is 2.53. The molecule has 1 saturated heterocycles. The summed E-state index contributed by atoms with van der Waals surface area (Å²) in [6, 6.07) is 9.54. The van der Waals surface area contributed by atoms with Crippen molar-refractivity contribution in [2.75, 3.05) is 39.4 Å². The summed E-state index contributed by atoms with van der Waals surface area (Å²) in [5, 5.41) is 2.69. The number of amides is 1. The van der Waals surface area contributed by atoms with Gasteiger partial charge in [0.05, 0.1) is 13.2 Å². The van der Waals surface area contributed by atoms with Crippen molar-refractivity contribution in [3.8, 4) is 5.75 Å². The second-order valence-electron chi connectivity index (χ2n) is 5.48. The van der Waals surface area contributed by atoms with Crippen LogP contribution in [-0.4, -0.2) is 50.4 Å². The van der Waals surface area contributed by atoms with Gasteiger partial charge in [0.1, 0.15) is 12.4 Å². The van der Waals surface area contributed by atoms with Crippen LogP contribution in [0.3, 0.4) is 0 Å². The lowest BCUT2D eigenvalue weighted by Gasteiger charge is -2.26. The maximum atomic E-state index is 11.5. The topological polar surface area (TPSA) is 50.8 Å². The summed E-state index contributed by atoms with van der Waals surface area (Å²) in [5.41, 5.74) is 0. The van der Waals surface area contributed by atoms with Gasteiger partial charge in [-0.2, -0.15) is 0 Å². The van der Waals surface area contributed by atoms with Crippen LogP contribution in [0.15, 0.2) is 30.3 Å². The summed E-state index contributed by atoms with van der Waals surface area (Å²) in [5.74, 6) is 0.805. The molecule has 0 radical (unpaired) electrons. The number of carbonyl (C=O) groups excluding carboxylic acids is 1. The van der Waals surface area contributed by atoms with Gasteiger partial charge in [0.25, 0.3) is 0 Å². The zero-order chi connectivity index (χ0) is 15.5. The summed E-state index contributed by atoms with van der Waals surface area (Å²) in [6.07, 6.45) is 4.47. The highest BCUT2D eigenvalue weighted by molar-refractivity contribution is 5.67. The monoisotopic (exact) mass is 306 g/mol. The number of alkyl carbamates (subject to hydrolysis) is 1. The molecule has 0 aromatic heterocycles. The first-order valence-corrected chi connectivity index (χ1v) is 8.15. The second-order valence-corrected chi connectivity index (χ2v) is 5.48. The minimum atomic E-state index is -0.365. The van der Waals surface area contributed by atoms with Crippen molar-refractivity contribution in [2.24, 2.45) is 0 Å². The molecule has 0 aliphatic carbocycles. The summed E-state index contributed by atoms with van der Waals surface area (Å²) >= 11 is 0. The molecule has 122 valence electrons. The van der Waals surface area contributed by atoms with E-state index in [0.29, 0.717) is 19.8 Å². The lowest BCUT2D eigenvalue weighted by molar-refractivity contribution is 0.133. The fraction of sp³-hybridized carbons (Fsp3) is 0.588. The highest BCUT2D eigenvalue weighted by atomic mass is 16.5. The maximum absolute atomic E-state index is 11.5. The molecule has 1 aromatic rings. The summed E-state index contributed by atoms with van der Waals surface area (Å²) < 4.78 is 10.6. The molecule has 1 aliphatic heterocycles. The lowest BCUT2D eigenvalue weighted by atomic mass is 10.1. The van der Waals surface area contributed by atoms with Gasteiger partial charge in [0.15, 0.2) is 0 Å². The SMILES string of the molecule is O=C(NCCOc1ccccc1)OCCCN1CCCCC1. The van der Waals surface area contributed by atoms with Crippen molar-refractivity contribution in [1.29, 1.82) is 0 Å². The van der Waals surface area contributed by atoms with Gasteiger partial charge >= 0.3 is 6.09 Å². The van der Waals surface area contributed by atoms with Crippen molar-refractivity contribution < 1.29 is 14.3 Å². The van der Waals surface area contributed by atoms with Crippen molar-refractivity contribution in [3.63, 3.8) is 0 Å². The number of likely N-dealkylation sites (tertiary alicyclic amines) is 1. The first-order valence-electron chi connectivity index (χ1n) is 8.15. The summed E-state index contributed by atoms with van der Waals surface area (Å²) in [4.78, 5) is 13.9. The van der Waals surface area contributed by atoms with Crippen LogP contribution < -0.4 is 10.1 Å². The van der Waals surface area contributed by atoms with E-state index in [-0.39, 0.29) is 6.09 Å². The number of nitrogens with zero attached hydrogens (tertiary/aromatic N) is 1. The largest absolute Gasteiger partial charge is 0.492 e. The Morgan fingerprint density at radius 2 is 1.86 bits per heavy atom. The molecule has 0 bridgehead atoms. The van der Waals surface area contributed by atoms with E-state index < -0.39 is 0 Å². The lowest BCUT2D eigenvalue weighted by Crippen LogP contribution is -2.32. The third-order valence-corrected chi connectivity index (χ3v) is 3.68. The Labute approximate surface area is 132 Å². The third-order valence-electron chi connectivity index (χ3n) is 3.68. The van der Waals surface area contributed by atoms with Gasteiger partial charge < -0.3 is 19.7 Å². The molecule has 1 fully saturated rings. The van der Waals surface area contributed by atoms with Crippen LogP contribution in [0.25, 0.3) is 0 Å². The summed E-state index contributed by atoms with van der Waals surface area (Å²) in [6.45, 7) is 4.74. The predicted octanol–water partition coefficient (Wildman–Crippen LogP) is 2.67. The molecule has 2 rings (SSSR count). The van der Waals surface area contributed by atoms with E-state index in [0.717, 1.165) is 18.7 Å². The number of carbonyl (C=O) groups is 1. The van der Waals surface area contributed by atoms with Gasteiger partial charge in [-0.05, 0) is 44.5 Å². The highest BCUT2D eigenvalue weighted by Gasteiger charge is 2.09. The molecule has 0 atom stereocenters. The minimum Gasteiger partial charge on any atom is -0.492 e. The van der Waals surface area contributed by atoms with Gasteiger partial charge in [-0.25, -0.2) is 4.79 Å². The average molecular weight is 306 g/mol. The van der Waals surface area contributed by atoms with Crippen LogP contribution in [0.4, 0.5) is 4.79 Å². The molecular weight excluding hydrogens is 280 g/mol. The number of piperidine rings is 1. The molecule has 1 aliphatic rings. The molecule has 22 heavy (non-hydrogen) atoms. The molecule has 1 N–H and O–H groups in total. The Morgan fingerprint density at radius 3 is 2.64 bits per heavy atom. The number of benzene rings is 1. The number of para-hydroxylation sites is 1. The second kappa shape index (κ2) is 10.1. The van der Waals surface area contributed by atoms with Crippen molar-refractivity contribution in [2.45, 2.75) is 25.7 Å². The van der Waals surface area contributed by atoms with Gasteiger partial charge in [-0.1, -0.05) is 24.6 Å². The zero-order valence-corrected chi connectivity index (χ0v) is 13.1. The first kappa shape index (κ1) is 16.6. The zero-order valence-electron chi connectivity index (χ0n) is 13.1. The van der Waals surface area contributed by atoms with E-state index >= 15 is 0 Å². The first-order chi connectivity index (χ1) is 10.8. The van der Waals surface area contributed by atoms with E-state index in [1.807, 2.05) is 30.3 Å². The molecule has 1 heterocycles. The number of hydrogen-bond acceptors (Lipinski definition) is 4. The highest BCUT2D eigenvalue weighted by Crippen LogP contribution is 2.09. The van der Waals surface area contributed by atoms with Crippen LogP contribution in [0, 0.1) is 0 Å². The van der Waals surface area contributed by atoms with Crippen LogP contribution in [-0.2, 0) is 4.74 Å². The van der Waals surface area contributed by atoms with Gasteiger partial charge in [-0.15, -0.1) is 0 Å². The number of rotatable bonds is 8. The Morgan fingerprint density at radius 1 is 1.09 bits per heavy atom. The van der Waals surface area contributed by atoms with Crippen molar-refractivity contribution in [1.82, 2.24) is 10.2 Å². The van der Waals surface area contributed by atoms with Crippen molar-refractivity contribution in [3.05, 3.63) is 30.3 Å². The molecule has 0 saturated carbocycles. The Kier molecular flexibility index (Phi) is 7.60. The Balaban J connectivity index is 1.44. The smallest absolute Gasteiger partial charge is 0.407 e. The number of ether oxygens (including phenoxy) is 2. The third kappa shape index (κ3) is 6.80. The normalized spacial score (nSPS) is 15.3. The summed E-state index contributed by atoms with van der Waals surface area (Å²) in [7, 11) is 0. The number of nitrogens with one attached hydrogen (secondary N) is 1. The van der Waals surface area contributed by atoms with Gasteiger partial charge in [0, 0.05) is 6.54 Å². The van der Waals surface area contributed by atoms with E-state index in [4.69, 9.17) is 9.47 Å². The van der Waals surface area contributed by atoms with Gasteiger partial charge in [-0.3, -0.25) is 0 Å². The molecule has 5 nitrogen and oxygen atoms in total. The maximum Gasteiger partial charge on any atom is 0.407 e. The van der Waals surface area contributed by atoms with Crippen LogP contribution in [0.2, 0.25) is 0 Å². The van der Waals surface area contributed by atoms with Gasteiger partial charge in [0.2, 0.25) is 0 Å². The molecule has 5 heteroatoms. The van der Waals surface area contributed by atoms with E-state index in [2.05, 4.69) is 10.2 Å². The van der Waals surface area contributed by atoms with Crippen molar-refractivity contribution >= 4 is 6.09 Å². The molecular formula is C17H26N2O3. The fourth-order valence-electron chi connectivity index (χ4n) is 2.53. The minimum absolute atomic E-state index is 0.365. The molecule has 1 aromatic carbocycles. The van der Waals surface area contributed by atoms with E-state index in [1.165, 1.54) is 32.4 Å². The van der Waals surface area contributed by atoms with E-state index in [9.17, 15) is 4.79 Å².